The van der Waals surface area contributed by atoms with Crippen LogP contribution in [-0.4, -0.2) is 37.3 Å². The van der Waals surface area contributed by atoms with Gasteiger partial charge in [0.25, 0.3) is 5.56 Å². The smallest absolute Gasteiger partial charge is 0.308 e. The monoisotopic (exact) mass is 314 g/mol. The Morgan fingerprint density at radius 2 is 2.15 bits per heavy atom. The van der Waals surface area contributed by atoms with E-state index in [0.717, 1.165) is 5.75 Å². The third-order valence-electron chi connectivity index (χ3n) is 3.42. The zero-order valence-corrected chi connectivity index (χ0v) is 13.3. The van der Waals surface area contributed by atoms with Crippen molar-refractivity contribution in [3.8, 4) is 0 Å². The number of nitrogens with one attached hydrogen (secondary N) is 1. The Morgan fingerprint density at radius 1 is 1.45 bits per heavy atom. The first-order chi connectivity index (χ1) is 9.38. The van der Waals surface area contributed by atoms with E-state index in [2.05, 4.69) is 23.8 Å². The van der Waals surface area contributed by atoms with Crippen molar-refractivity contribution in [3.05, 3.63) is 27.4 Å². The molecule has 2 N–H and O–H groups in total. The van der Waals surface area contributed by atoms with Crippen LogP contribution in [-0.2, 0) is 11.2 Å². The summed E-state index contributed by atoms with van der Waals surface area (Å²) in [5, 5.41) is 10.1. The second-order valence-electron chi connectivity index (χ2n) is 4.95. The van der Waals surface area contributed by atoms with E-state index in [4.69, 9.17) is 5.11 Å². The fraction of sp³-hybridized carbons (Fsp3) is 0.615. The Kier molecular flexibility index (Phi) is 4.80. The fourth-order valence-electron chi connectivity index (χ4n) is 2.07. The average molecular weight is 314 g/mol. The number of thioether (sulfide) groups is 2. The number of hydrogen-bond donors (Lipinski definition) is 2. The quantitative estimate of drug-likeness (QED) is 0.888. The molecule has 20 heavy (non-hydrogen) atoms. The molecule has 3 atom stereocenters. The molecule has 2 heterocycles. The lowest BCUT2D eigenvalue weighted by atomic mass is 10.1. The summed E-state index contributed by atoms with van der Waals surface area (Å²) in [5.74, 6) is 0.563. The highest BCUT2D eigenvalue weighted by atomic mass is 32.2. The molecule has 1 aromatic heterocycles. The predicted octanol–water partition coefficient (Wildman–Crippen LogP) is 2.00. The standard InChI is InChI=1S/C13H18N2O3S2/c1-6-9(4-11(16)17)13(18)15-12(14-6)10-5-19-7(2)8(3)20-10/h7-8,10H,4-5H2,1-3H3,(H,16,17)(H,14,15,18). The summed E-state index contributed by atoms with van der Waals surface area (Å²) in [4.78, 5) is 29.9. The third kappa shape index (κ3) is 3.38. The zero-order valence-electron chi connectivity index (χ0n) is 11.7. The summed E-state index contributed by atoms with van der Waals surface area (Å²) >= 11 is 3.69. The maximum absolute atomic E-state index is 12.0. The Bertz CT molecular complexity index is 573. The highest BCUT2D eigenvalue weighted by Crippen LogP contribution is 2.42. The molecule has 1 saturated heterocycles. The lowest BCUT2D eigenvalue weighted by molar-refractivity contribution is -0.136. The SMILES string of the molecule is Cc1nc(C2CSC(C)C(C)S2)[nH]c(=O)c1CC(=O)O. The third-order valence-corrected chi connectivity index (χ3v) is 6.82. The molecule has 0 radical (unpaired) electrons. The fourth-order valence-corrected chi connectivity index (χ4v) is 4.94. The maximum atomic E-state index is 12.0. The van der Waals surface area contributed by atoms with E-state index in [0.29, 0.717) is 22.0 Å². The van der Waals surface area contributed by atoms with Gasteiger partial charge in [0.2, 0.25) is 0 Å². The first-order valence-corrected chi connectivity index (χ1v) is 8.46. The van der Waals surface area contributed by atoms with Crippen LogP contribution in [0.1, 0.15) is 36.2 Å². The molecule has 0 saturated carbocycles. The van der Waals surface area contributed by atoms with E-state index in [-0.39, 0.29) is 22.8 Å². The van der Waals surface area contributed by atoms with E-state index in [9.17, 15) is 9.59 Å². The van der Waals surface area contributed by atoms with Crippen LogP contribution in [0.3, 0.4) is 0 Å². The van der Waals surface area contributed by atoms with Gasteiger partial charge in [-0.3, -0.25) is 9.59 Å². The maximum Gasteiger partial charge on any atom is 0.308 e. The minimum Gasteiger partial charge on any atom is -0.481 e. The van der Waals surface area contributed by atoms with Gasteiger partial charge >= 0.3 is 5.97 Å². The summed E-state index contributed by atoms with van der Waals surface area (Å²) in [7, 11) is 0. The predicted molar refractivity (Wildman–Crippen MR) is 82.6 cm³/mol. The van der Waals surface area contributed by atoms with Crippen molar-refractivity contribution in [3.63, 3.8) is 0 Å². The molecule has 110 valence electrons. The molecule has 1 aliphatic rings. The molecule has 7 heteroatoms. The van der Waals surface area contributed by atoms with Crippen molar-refractivity contribution >= 4 is 29.5 Å². The van der Waals surface area contributed by atoms with E-state index in [1.165, 1.54) is 0 Å². The lowest BCUT2D eigenvalue weighted by Crippen LogP contribution is -2.27. The minimum atomic E-state index is -1.02. The summed E-state index contributed by atoms with van der Waals surface area (Å²) in [6.45, 7) is 6.08. The molecule has 0 amide bonds. The molecule has 1 aromatic rings. The molecule has 5 nitrogen and oxygen atoms in total. The topological polar surface area (TPSA) is 83.0 Å². The van der Waals surface area contributed by atoms with Crippen LogP contribution in [0, 0.1) is 6.92 Å². The van der Waals surface area contributed by atoms with Crippen molar-refractivity contribution in [2.45, 2.75) is 42.9 Å². The van der Waals surface area contributed by atoms with Crippen LogP contribution < -0.4 is 5.56 Å². The van der Waals surface area contributed by atoms with Crippen LogP contribution >= 0.6 is 23.5 Å². The number of aromatic nitrogens is 2. The zero-order chi connectivity index (χ0) is 14.9. The molecule has 0 spiro atoms. The molecule has 0 bridgehead atoms. The van der Waals surface area contributed by atoms with Crippen LogP contribution in [0.4, 0.5) is 0 Å². The second-order valence-corrected chi connectivity index (χ2v) is 7.95. The molecule has 0 aliphatic carbocycles. The average Bonchev–Trinajstić information content (AvgIpc) is 2.36. The normalized spacial score (nSPS) is 26.4. The molecule has 3 unspecified atom stereocenters. The first-order valence-electron chi connectivity index (χ1n) is 6.47. The Morgan fingerprint density at radius 3 is 2.70 bits per heavy atom. The second kappa shape index (κ2) is 6.22. The van der Waals surface area contributed by atoms with Gasteiger partial charge in [0.15, 0.2) is 0 Å². The molecule has 2 rings (SSSR count). The van der Waals surface area contributed by atoms with E-state index < -0.39 is 5.97 Å². The number of rotatable bonds is 3. The van der Waals surface area contributed by atoms with Crippen LogP contribution in [0.25, 0.3) is 0 Å². The van der Waals surface area contributed by atoms with Gasteiger partial charge < -0.3 is 10.1 Å². The van der Waals surface area contributed by atoms with E-state index in [1.54, 1.807) is 6.92 Å². The first kappa shape index (κ1) is 15.4. The Balaban J connectivity index is 2.26. The van der Waals surface area contributed by atoms with E-state index in [1.807, 2.05) is 23.5 Å². The molecular weight excluding hydrogens is 296 g/mol. The summed E-state index contributed by atoms with van der Waals surface area (Å²) < 4.78 is 0. The number of aliphatic carboxylic acids is 1. The number of hydrogen-bond acceptors (Lipinski definition) is 5. The minimum absolute atomic E-state index is 0.163. The van der Waals surface area contributed by atoms with Crippen molar-refractivity contribution in [2.24, 2.45) is 0 Å². The number of aromatic amines is 1. The number of aryl methyl sites for hydroxylation is 1. The highest BCUT2D eigenvalue weighted by Gasteiger charge is 2.28. The number of nitrogens with zero attached hydrogens (tertiary/aromatic N) is 1. The van der Waals surface area contributed by atoms with Gasteiger partial charge in [-0.2, -0.15) is 11.8 Å². The summed E-state index contributed by atoms with van der Waals surface area (Å²) in [6.07, 6.45) is -0.283. The van der Waals surface area contributed by atoms with Gasteiger partial charge in [0.1, 0.15) is 5.82 Å². The van der Waals surface area contributed by atoms with Crippen LogP contribution in [0.5, 0.6) is 0 Å². The lowest BCUT2D eigenvalue weighted by Gasteiger charge is -2.30. The Hall–Kier alpha value is -0.950. The van der Waals surface area contributed by atoms with Crippen molar-refractivity contribution in [2.75, 3.05) is 5.75 Å². The van der Waals surface area contributed by atoms with Gasteiger partial charge in [0, 0.05) is 27.5 Å². The Labute approximate surface area is 126 Å². The van der Waals surface area contributed by atoms with Crippen LogP contribution in [0.15, 0.2) is 4.79 Å². The number of H-pyrrole nitrogens is 1. The number of carbonyl (C=O) groups is 1. The van der Waals surface area contributed by atoms with Gasteiger partial charge in [-0.15, -0.1) is 11.8 Å². The van der Waals surface area contributed by atoms with Gasteiger partial charge in [-0.1, -0.05) is 13.8 Å². The van der Waals surface area contributed by atoms with Crippen molar-refractivity contribution < 1.29 is 9.90 Å². The molecular formula is C13H18N2O3S2. The van der Waals surface area contributed by atoms with Gasteiger partial charge in [-0.25, -0.2) is 4.98 Å². The van der Waals surface area contributed by atoms with Gasteiger partial charge in [-0.05, 0) is 6.92 Å². The largest absolute Gasteiger partial charge is 0.481 e. The van der Waals surface area contributed by atoms with Crippen molar-refractivity contribution in [1.29, 1.82) is 0 Å². The number of carboxylic acid groups (broad SMARTS) is 1. The highest BCUT2D eigenvalue weighted by molar-refractivity contribution is 8.07. The van der Waals surface area contributed by atoms with E-state index >= 15 is 0 Å². The van der Waals surface area contributed by atoms with Crippen LogP contribution in [0.2, 0.25) is 0 Å². The molecule has 1 fully saturated rings. The summed E-state index contributed by atoms with van der Waals surface area (Å²) in [5.41, 5.74) is 0.436. The molecule has 1 aliphatic heterocycles. The van der Waals surface area contributed by atoms with Gasteiger partial charge in [0.05, 0.1) is 11.7 Å². The molecule has 0 aromatic carbocycles. The van der Waals surface area contributed by atoms with Crippen molar-refractivity contribution in [1.82, 2.24) is 9.97 Å². The summed E-state index contributed by atoms with van der Waals surface area (Å²) in [6, 6.07) is 0. The number of carboxylic acids is 1.